The fourth-order valence-electron chi connectivity index (χ4n) is 2.47. The number of amides is 1. The lowest BCUT2D eigenvalue weighted by Gasteiger charge is -2.20. The minimum atomic E-state index is -0.321. The molecule has 1 N–H and O–H groups in total. The molecule has 3 rings (SSSR count). The van der Waals surface area contributed by atoms with Crippen molar-refractivity contribution in [3.63, 3.8) is 0 Å². The molecule has 1 aliphatic heterocycles. The molecular formula is C16H16ClNO2S. The normalized spacial score (nSPS) is 19.4. The highest BCUT2D eigenvalue weighted by Gasteiger charge is 2.26. The van der Waals surface area contributed by atoms with E-state index in [2.05, 4.69) is 10.7 Å². The molecule has 1 saturated heterocycles. The zero-order valence-electron chi connectivity index (χ0n) is 11.4. The van der Waals surface area contributed by atoms with E-state index in [1.54, 1.807) is 11.3 Å². The molecule has 1 amide bonds. The van der Waals surface area contributed by atoms with Crippen LogP contribution in [0.1, 0.15) is 30.0 Å². The van der Waals surface area contributed by atoms with Crippen LogP contribution in [0.5, 0.6) is 0 Å². The summed E-state index contributed by atoms with van der Waals surface area (Å²) >= 11 is 7.56. The average molecular weight is 322 g/mol. The summed E-state index contributed by atoms with van der Waals surface area (Å²) in [4.78, 5) is 12.3. The van der Waals surface area contributed by atoms with Crippen molar-refractivity contribution >= 4 is 28.8 Å². The van der Waals surface area contributed by atoms with E-state index in [0.29, 0.717) is 11.6 Å². The lowest BCUT2D eigenvalue weighted by atomic mass is 10.0. The predicted octanol–water partition coefficient (Wildman–Crippen LogP) is 3.79. The monoisotopic (exact) mass is 321 g/mol. The minimum absolute atomic E-state index is 0.0429. The maximum atomic E-state index is 12.3. The maximum Gasteiger partial charge on any atom is 0.249 e. The van der Waals surface area contributed by atoms with E-state index in [-0.39, 0.29) is 18.1 Å². The second kappa shape index (κ2) is 6.60. The van der Waals surface area contributed by atoms with Crippen molar-refractivity contribution in [2.75, 3.05) is 6.61 Å². The van der Waals surface area contributed by atoms with Crippen molar-refractivity contribution in [1.29, 1.82) is 0 Å². The van der Waals surface area contributed by atoms with E-state index in [4.69, 9.17) is 16.3 Å². The highest BCUT2D eigenvalue weighted by atomic mass is 35.5. The number of rotatable bonds is 4. The van der Waals surface area contributed by atoms with Gasteiger partial charge in [0.15, 0.2) is 0 Å². The second-order valence-corrected chi connectivity index (χ2v) is 6.27. The van der Waals surface area contributed by atoms with Crippen LogP contribution in [-0.2, 0) is 9.53 Å². The quantitative estimate of drug-likeness (QED) is 0.930. The first-order valence-electron chi connectivity index (χ1n) is 6.93. The van der Waals surface area contributed by atoms with Crippen LogP contribution in [0.15, 0.2) is 41.1 Å². The van der Waals surface area contributed by atoms with Crippen LogP contribution in [0.2, 0.25) is 5.02 Å². The predicted molar refractivity (Wildman–Crippen MR) is 84.7 cm³/mol. The first kappa shape index (κ1) is 14.6. The number of ether oxygens (including phenoxy) is 1. The molecule has 2 aromatic rings. The third-order valence-electron chi connectivity index (χ3n) is 3.59. The molecule has 3 nitrogen and oxygen atoms in total. The number of hydrogen-bond donors (Lipinski definition) is 1. The van der Waals surface area contributed by atoms with Crippen LogP contribution < -0.4 is 5.32 Å². The molecule has 0 spiro atoms. The Kier molecular flexibility index (Phi) is 4.58. The smallest absolute Gasteiger partial charge is 0.249 e. The largest absolute Gasteiger partial charge is 0.368 e. The van der Waals surface area contributed by atoms with Crippen molar-refractivity contribution < 1.29 is 9.53 Å². The van der Waals surface area contributed by atoms with E-state index in [1.807, 2.05) is 35.7 Å². The van der Waals surface area contributed by atoms with Gasteiger partial charge in [0, 0.05) is 11.6 Å². The minimum Gasteiger partial charge on any atom is -0.368 e. The molecule has 110 valence electrons. The second-order valence-electron chi connectivity index (χ2n) is 5.05. The first-order chi connectivity index (χ1) is 10.2. The molecule has 1 aromatic heterocycles. The van der Waals surface area contributed by atoms with E-state index < -0.39 is 0 Å². The number of nitrogens with one attached hydrogen (secondary N) is 1. The Morgan fingerprint density at radius 3 is 2.71 bits per heavy atom. The number of halogens is 1. The summed E-state index contributed by atoms with van der Waals surface area (Å²) in [6, 6.07) is 9.44. The molecule has 1 aliphatic rings. The summed E-state index contributed by atoms with van der Waals surface area (Å²) in [6.45, 7) is 0.669. The number of thiophene rings is 1. The number of benzene rings is 1. The molecule has 21 heavy (non-hydrogen) atoms. The van der Waals surface area contributed by atoms with Crippen LogP contribution in [0.25, 0.3) is 0 Å². The summed E-state index contributed by atoms with van der Waals surface area (Å²) in [5.74, 6) is -0.0429. The molecule has 0 bridgehead atoms. The van der Waals surface area contributed by atoms with Gasteiger partial charge in [0.1, 0.15) is 6.10 Å². The van der Waals surface area contributed by atoms with Crippen LogP contribution in [0.3, 0.4) is 0 Å². The van der Waals surface area contributed by atoms with E-state index in [1.165, 1.54) is 0 Å². The maximum absolute atomic E-state index is 12.3. The Labute approximate surface area is 132 Å². The molecule has 0 unspecified atom stereocenters. The Balaban J connectivity index is 1.82. The van der Waals surface area contributed by atoms with Crippen molar-refractivity contribution in [2.24, 2.45) is 0 Å². The topological polar surface area (TPSA) is 38.3 Å². The van der Waals surface area contributed by atoms with Crippen molar-refractivity contribution in [3.05, 3.63) is 57.2 Å². The van der Waals surface area contributed by atoms with Gasteiger partial charge < -0.3 is 10.1 Å². The molecule has 1 aromatic carbocycles. The highest BCUT2D eigenvalue weighted by Crippen LogP contribution is 2.26. The van der Waals surface area contributed by atoms with Crippen molar-refractivity contribution in [1.82, 2.24) is 5.32 Å². The molecule has 0 radical (unpaired) electrons. The van der Waals surface area contributed by atoms with Gasteiger partial charge >= 0.3 is 0 Å². The zero-order chi connectivity index (χ0) is 14.7. The van der Waals surface area contributed by atoms with Crippen LogP contribution in [-0.4, -0.2) is 18.6 Å². The average Bonchev–Trinajstić information content (AvgIpc) is 3.19. The van der Waals surface area contributed by atoms with Gasteiger partial charge in [-0.2, -0.15) is 11.3 Å². The summed E-state index contributed by atoms with van der Waals surface area (Å²) in [5.41, 5.74) is 2.10. The molecule has 2 heterocycles. The molecule has 0 saturated carbocycles. The third kappa shape index (κ3) is 3.46. The van der Waals surface area contributed by atoms with Gasteiger partial charge in [-0.15, -0.1) is 0 Å². The summed E-state index contributed by atoms with van der Waals surface area (Å²) in [5, 5.41) is 7.85. The van der Waals surface area contributed by atoms with Gasteiger partial charge in [0.05, 0.1) is 6.04 Å². The third-order valence-corrected chi connectivity index (χ3v) is 4.54. The summed E-state index contributed by atoms with van der Waals surface area (Å²) in [7, 11) is 0. The highest BCUT2D eigenvalue weighted by molar-refractivity contribution is 7.08. The van der Waals surface area contributed by atoms with Crippen LogP contribution in [0, 0.1) is 0 Å². The standard InChI is InChI=1S/C16H16ClNO2S/c17-13-5-3-11(4-6-13)15(12-7-9-21-10-12)18-16(19)14-2-1-8-20-14/h3-7,9-10,14-15H,1-2,8H2,(H,18,19)/t14-,15-/m0/s1. The first-order valence-corrected chi connectivity index (χ1v) is 8.25. The van der Waals surface area contributed by atoms with Crippen LogP contribution >= 0.6 is 22.9 Å². The summed E-state index contributed by atoms with van der Waals surface area (Å²) < 4.78 is 5.46. The van der Waals surface area contributed by atoms with Gasteiger partial charge in [0.2, 0.25) is 5.91 Å². The van der Waals surface area contributed by atoms with Gasteiger partial charge in [-0.3, -0.25) is 4.79 Å². The fourth-order valence-corrected chi connectivity index (χ4v) is 3.29. The number of carbonyl (C=O) groups excluding carboxylic acids is 1. The van der Waals surface area contributed by atoms with E-state index in [9.17, 15) is 4.79 Å². The molecule has 2 atom stereocenters. The lowest BCUT2D eigenvalue weighted by molar-refractivity contribution is -0.130. The van der Waals surface area contributed by atoms with E-state index >= 15 is 0 Å². The lowest BCUT2D eigenvalue weighted by Crippen LogP contribution is -2.37. The zero-order valence-corrected chi connectivity index (χ0v) is 13.0. The van der Waals surface area contributed by atoms with Gasteiger partial charge in [-0.05, 0) is 52.9 Å². The van der Waals surface area contributed by atoms with Gasteiger partial charge in [0.25, 0.3) is 0 Å². The summed E-state index contributed by atoms with van der Waals surface area (Å²) in [6.07, 6.45) is 1.42. The molecular weight excluding hydrogens is 306 g/mol. The van der Waals surface area contributed by atoms with Gasteiger partial charge in [-0.1, -0.05) is 23.7 Å². The van der Waals surface area contributed by atoms with Gasteiger partial charge in [-0.25, -0.2) is 0 Å². The number of carbonyl (C=O) groups is 1. The Morgan fingerprint density at radius 2 is 2.10 bits per heavy atom. The SMILES string of the molecule is O=C(N[C@@H](c1ccc(Cl)cc1)c1ccsc1)[C@@H]1CCCO1. The number of hydrogen-bond acceptors (Lipinski definition) is 3. The van der Waals surface area contributed by atoms with Crippen molar-refractivity contribution in [3.8, 4) is 0 Å². The van der Waals surface area contributed by atoms with E-state index in [0.717, 1.165) is 24.0 Å². The molecule has 0 aliphatic carbocycles. The Bertz CT molecular complexity index is 591. The molecule has 5 heteroatoms. The molecule has 1 fully saturated rings. The van der Waals surface area contributed by atoms with Crippen molar-refractivity contribution in [2.45, 2.75) is 25.0 Å². The Morgan fingerprint density at radius 1 is 1.29 bits per heavy atom. The Hall–Kier alpha value is -1.36. The fraction of sp³-hybridized carbons (Fsp3) is 0.312. The van der Waals surface area contributed by atoms with Crippen LogP contribution in [0.4, 0.5) is 0 Å².